The van der Waals surface area contributed by atoms with E-state index in [0.717, 1.165) is 0 Å². The van der Waals surface area contributed by atoms with Crippen LogP contribution in [0.2, 0.25) is 0 Å². The number of nitrogens with one attached hydrogen (secondary N) is 2. The molecule has 1 amide bonds. The molecule has 5 nitrogen and oxygen atoms in total. The van der Waals surface area contributed by atoms with Crippen LogP contribution in [0.1, 0.15) is 13.8 Å². The predicted molar refractivity (Wildman–Crippen MR) is 78.6 cm³/mol. The number of halogens is 1. The van der Waals surface area contributed by atoms with Gasteiger partial charge in [0.1, 0.15) is 11.5 Å². The zero-order valence-electron chi connectivity index (χ0n) is 11.6. The fraction of sp³-hybridized carbons (Fsp3) is 0.462. The topological polar surface area (TPSA) is 59.6 Å². The third kappa shape index (κ3) is 5.81. The third-order valence-electron chi connectivity index (χ3n) is 2.16. The number of ether oxygens (including phenoxy) is 2. The average molecular weight is 289 g/mol. The van der Waals surface area contributed by atoms with Crippen LogP contribution in [0.5, 0.6) is 11.5 Å². The first-order valence-electron chi connectivity index (χ1n) is 5.86. The maximum absolute atomic E-state index is 11.6. The number of hydrogen-bond acceptors (Lipinski definition) is 4. The molecule has 2 N–H and O–H groups in total. The minimum Gasteiger partial charge on any atom is -0.497 e. The number of rotatable bonds is 6. The van der Waals surface area contributed by atoms with Gasteiger partial charge in [0.25, 0.3) is 0 Å². The molecule has 108 valence electrons. The number of benzene rings is 1. The number of hydrogen-bond donors (Lipinski definition) is 2. The van der Waals surface area contributed by atoms with Gasteiger partial charge in [-0.2, -0.15) is 0 Å². The highest BCUT2D eigenvalue weighted by molar-refractivity contribution is 5.93. The lowest BCUT2D eigenvalue weighted by Gasteiger charge is -2.15. The molecule has 0 saturated heterocycles. The molecule has 1 rings (SSSR count). The molecule has 0 atom stereocenters. The quantitative estimate of drug-likeness (QED) is 0.841. The Bertz CT molecular complexity index is 411. The summed E-state index contributed by atoms with van der Waals surface area (Å²) >= 11 is 0. The Labute approximate surface area is 120 Å². The zero-order valence-corrected chi connectivity index (χ0v) is 12.5. The first kappa shape index (κ1) is 17.5. The highest BCUT2D eigenvalue weighted by Gasteiger charge is 2.10. The van der Waals surface area contributed by atoms with Gasteiger partial charge in [-0.3, -0.25) is 4.79 Å². The van der Waals surface area contributed by atoms with Gasteiger partial charge in [0.05, 0.1) is 25.4 Å². The van der Waals surface area contributed by atoms with Gasteiger partial charge in [0.2, 0.25) is 5.91 Å². The number of carbonyl (C=O) groups excluding carboxylic acids is 1. The van der Waals surface area contributed by atoms with E-state index in [1.165, 1.54) is 0 Å². The SMILES string of the molecule is CNCC(=O)Nc1cc(OC)ccc1OC(C)C.Cl. The highest BCUT2D eigenvalue weighted by atomic mass is 35.5. The van der Waals surface area contributed by atoms with Crippen molar-refractivity contribution in [1.82, 2.24) is 5.32 Å². The number of carbonyl (C=O) groups is 1. The number of methoxy groups -OCH3 is 1. The summed E-state index contributed by atoms with van der Waals surface area (Å²) in [4.78, 5) is 11.6. The van der Waals surface area contributed by atoms with E-state index >= 15 is 0 Å². The summed E-state index contributed by atoms with van der Waals surface area (Å²) in [6.45, 7) is 4.12. The van der Waals surface area contributed by atoms with Gasteiger partial charge >= 0.3 is 0 Å². The molecule has 0 aliphatic heterocycles. The van der Waals surface area contributed by atoms with E-state index in [1.807, 2.05) is 13.8 Å². The zero-order chi connectivity index (χ0) is 13.5. The summed E-state index contributed by atoms with van der Waals surface area (Å²) in [6, 6.07) is 5.32. The van der Waals surface area contributed by atoms with E-state index in [4.69, 9.17) is 9.47 Å². The molecule has 0 fully saturated rings. The number of amides is 1. The van der Waals surface area contributed by atoms with Crippen molar-refractivity contribution in [1.29, 1.82) is 0 Å². The van der Waals surface area contributed by atoms with Gasteiger partial charge in [0, 0.05) is 6.07 Å². The van der Waals surface area contributed by atoms with Crippen LogP contribution < -0.4 is 20.1 Å². The van der Waals surface area contributed by atoms with Crippen molar-refractivity contribution in [2.24, 2.45) is 0 Å². The molecule has 0 saturated carbocycles. The lowest BCUT2D eigenvalue weighted by atomic mass is 10.2. The second-order valence-electron chi connectivity index (χ2n) is 4.11. The first-order chi connectivity index (χ1) is 8.56. The Morgan fingerprint density at radius 3 is 2.58 bits per heavy atom. The summed E-state index contributed by atoms with van der Waals surface area (Å²) in [7, 11) is 3.30. The Kier molecular flexibility index (Phi) is 7.95. The molecule has 6 heteroatoms. The van der Waals surface area contributed by atoms with Gasteiger partial charge < -0.3 is 20.1 Å². The second-order valence-corrected chi connectivity index (χ2v) is 4.11. The van der Waals surface area contributed by atoms with E-state index in [9.17, 15) is 4.79 Å². The van der Waals surface area contributed by atoms with Gasteiger partial charge in [0.15, 0.2) is 0 Å². The van der Waals surface area contributed by atoms with Gasteiger partial charge in [-0.05, 0) is 33.0 Å². The van der Waals surface area contributed by atoms with Gasteiger partial charge in [-0.1, -0.05) is 0 Å². The van der Waals surface area contributed by atoms with Crippen LogP contribution in [0.3, 0.4) is 0 Å². The fourth-order valence-electron chi connectivity index (χ4n) is 1.45. The van der Waals surface area contributed by atoms with Crippen molar-refractivity contribution >= 4 is 24.0 Å². The summed E-state index contributed by atoms with van der Waals surface area (Å²) in [5.74, 6) is 1.18. The van der Waals surface area contributed by atoms with Crippen molar-refractivity contribution in [2.45, 2.75) is 20.0 Å². The molecule has 0 spiro atoms. The predicted octanol–water partition coefficient (Wildman–Crippen LogP) is 2.06. The van der Waals surface area contributed by atoms with Crippen molar-refractivity contribution in [2.75, 3.05) is 26.0 Å². The monoisotopic (exact) mass is 288 g/mol. The van der Waals surface area contributed by atoms with Crippen molar-refractivity contribution in [3.8, 4) is 11.5 Å². The average Bonchev–Trinajstić information content (AvgIpc) is 2.31. The number of likely N-dealkylation sites (N-methyl/N-ethyl adjacent to an activating group) is 1. The second kappa shape index (κ2) is 8.61. The van der Waals surface area contributed by atoms with Crippen LogP contribution in [-0.2, 0) is 4.79 Å². The molecular formula is C13H21ClN2O3. The smallest absolute Gasteiger partial charge is 0.238 e. The summed E-state index contributed by atoms with van der Waals surface area (Å²) in [6.07, 6.45) is 0.0401. The number of anilines is 1. The van der Waals surface area contributed by atoms with E-state index in [1.54, 1.807) is 32.4 Å². The molecule has 0 aliphatic rings. The molecular weight excluding hydrogens is 268 g/mol. The lowest BCUT2D eigenvalue weighted by molar-refractivity contribution is -0.115. The molecule has 0 unspecified atom stereocenters. The molecule has 0 heterocycles. The Hall–Kier alpha value is -1.46. The molecule has 1 aromatic carbocycles. The van der Waals surface area contributed by atoms with Crippen LogP contribution in [0, 0.1) is 0 Å². The Morgan fingerprint density at radius 1 is 1.37 bits per heavy atom. The fourth-order valence-corrected chi connectivity index (χ4v) is 1.45. The van der Waals surface area contributed by atoms with E-state index in [2.05, 4.69) is 10.6 Å². The molecule has 0 aromatic heterocycles. The van der Waals surface area contributed by atoms with Crippen LogP contribution in [0.15, 0.2) is 18.2 Å². The molecule has 0 radical (unpaired) electrons. The molecule has 19 heavy (non-hydrogen) atoms. The first-order valence-corrected chi connectivity index (χ1v) is 5.86. The van der Waals surface area contributed by atoms with Gasteiger partial charge in [-0.25, -0.2) is 0 Å². The van der Waals surface area contributed by atoms with E-state index < -0.39 is 0 Å². The third-order valence-corrected chi connectivity index (χ3v) is 2.16. The summed E-state index contributed by atoms with van der Waals surface area (Å²) in [5, 5.41) is 5.58. The Morgan fingerprint density at radius 2 is 2.05 bits per heavy atom. The van der Waals surface area contributed by atoms with Crippen molar-refractivity contribution in [3.63, 3.8) is 0 Å². The minimum absolute atomic E-state index is 0. The lowest BCUT2D eigenvalue weighted by Crippen LogP contribution is -2.25. The van der Waals surface area contributed by atoms with Crippen LogP contribution in [-0.4, -0.2) is 32.7 Å². The van der Waals surface area contributed by atoms with Crippen molar-refractivity contribution < 1.29 is 14.3 Å². The van der Waals surface area contributed by atoms with Gasteiger partial charge in [-0.15, -0.1) is 12.4 Å². The van der Waals surface area contributed by atoms with E-state index in [0.29, 0.717) is 17.2 Å². The van der Waals surface area contributed by atoms with Crippen LogP contribution in [0.25, 0.3) is 0 Å². The van der Waals surface area contributed by atoms with Crippen molar-refractivity contribution in [3.05, 3.63) is 18.2 Å². The summed E-state index contributed by atoms with van der Waals surface area (Å²) in [5.41, 5.74) is 0.614. The normalized spacial score (nSPS) is 9.74. The largest absolute Gasteiger partial charge is 0.497 e. The van der Waals surface area contributed by atoms with Crippen LogP contribution in [0.4, 0.5) is 5.69 Å². The Balaban J connectivity index is 0.00000324. The molecule has 0 aliphatic carbocycles. The molecule has 0 bridgehead atoms. The maximum Gasteiger partial charge on any atom is 0.238 e. The van der Waals surface area contributed by atoms with E-state index in [-0.39, 0.29) is 31.0 Å². The standard InChI is InChI=1S/C13H20N2O3.ClH/c1-9(2)18-12-6-5-10(17-4)7-11(12)15-13(16)8-14-3;/h5-7,9,14H,8H2,1-4H3,(H,15,16);1H. The molecule has 1 aromatic rings. The summed E-state index contributed by atoms with van der Waals surface area (Å²) < 4.78 is 10.8. The highest BCUT2D eigenvalue weighted by Crippen LogP contribution is 2.29. The minimum atomic E-state index is -0.126. The van der Waals surface area contributed by atoms with Crippen LogP contribution >= 0.6 is 12.4 Å². The maximum atomic E-state index is 11.6.